The average molecular weight is 208 g/mol. The molecule has 72 valence electrons. The van der Waals surface area contributed by atoms with Crippen LogP contribution in [0.4, 0.5) is 8.78 Å². The summed E-state index contributed by atoms with van der Waals surface area (Å²) in [4.78, 5) is 3.68. The van der Waals surface area contributed by atoms with Crippen molar-refractivity contribution in [1.29, 1.82) is 0 Å². The maximum absolute atomic E-state index is 12.7. The average Bonchev–Trinajstić information content (AvgIpc) is 2.05. The van der Waals surface area contributed by atoms with Gasteiger partial charge in [-0.05, 0) is 23.2 Å². The first-order chi connectivity index (χ1) is 6.05. The van der Waals surface area contributed by atoms with E-state index in [1.165, 1.54) is 24.5 Å². The Morgan fingerprint density at radius 1 is 1.62 bits per heavy atom. The van der Waals surface area contributed by atoms with Crippen molar-refractivity contribution in [2.75, 3.05) is 0 Å². The van der Waals surface area contributed by atoms with Gasteiger partial charge in [-0.2, -0.15) is 8.78 Å². The first kappa shape index (κ1) is 10.3. The Bertz CT molecular complexity index is 262. The number of hydrogen-bond donors (Lipinski definition) is 2. The molecule has 1 unspecified atom stereocenters. The second-order valence-corrected chi connectivity index (χ2v) is 2.93. The third-order valence-corrected chi connectivity index (χ3v) is 1.73. The number of hydrogen-bond acceptors (Lipinski definition) is 3. The zero-order valence-electron chi connectivity index (χ0n) is 6.55. The van der Waals surface area contributed by atoms with Gasteiger partial charge in [0.1, 0.15) is 6.04 Å². The Kier molecular flexibility index (Phi) is 3.13. The van der Waals surface area contributed by atoms with Crippen LogP contribution in [0.5, 0.6) is 0 Å². The van der Waals surface area contributed by atoms with Crippen molar-refractivity contribution in [2.45, 2.75) is 11.4 Å². The number of aromatic nitrogens is 1. The highest BCUT2D eigenvalue weighted by Gasteiger charge is 2.37. The SMILES string of the molecule is NNC(c1cccnc1)C(F)(F)Cl. The van der Waals surface area contributed by atoms with Gasteiger partial charge in [0.2, 0.25) is 0 Å². The molecule has 0 amide bonds. The fraction of sp³-hybridized carbons (Fsp3) is 0.286. The molecular weight excluding hydrogens is 200 g/mol. The summed E-state index contributed by atoms with van der Waals surface area (Å²) in [6.45, 7) is 0. The van der Waals surface area contributed by atoms with Crippen LogP contribution >= 0.6 is 11.6 Å². The van der Waals surface area contributed by atoms with Gasteiger partial charge in [0.25, 0.3) is 0 Å². The van der Waals surface area contributed by atoms with Gasteiger partial charge < -0.3 is 0 Å². The highest BCUT2D eigenvalue weighted by atomic mass is 35.5. The van der Waals surface area contributed by atoms with E-state index in [-0.39, 0.29) is 5.56 Å². The number of nitrogens with zero attached hydrogens (tertiary/aromatic N) is 1. The summed E-state index contributed by atoms with van der Waals surface area (Å²) >= 11 is 4.83. The number of hydrazine groups is 1. The first-order valence-electron chi connectivity index (χ1n) is 3.48. The van der Waals surface area contributed by atoms with E-state index in [0.717, 1.165) is 0 Å². The van der Waals surface area contributed by atoms with E-state index in [1.54, 1.807) is 0 Å². The summed E-state index contributed by atoms with van der Waals surface area (Å²) in [5.74, 6) is 4.95. The van der Waals surface area contributed by atoms with E-state index in [2.05, 4.69) is 4.98 Å². The smallest absolute Gasteiger partial charge is 0.271 e. The standard InChI is InChI=1S/C7H8ClF2N3/c8-7(9,10)6(13-11)5-2-1-3-12-4-5/h1-4,6,13H,11H2. The van der Waals surface area contributed by atoms with Crippen molar-refractivity contribution >= 4 is 11.6 Å². The molecule has 1 rings (SSSR count). The van der Waals surface area contributed by atoms with E-state index in [9.17, 15) is 8.78 Å². The van der Waals surface area contributed by atoms with Crippen LogP contribution in [0.1, 0.15) is 11.6 Å². The lowest BCUT2D eigenvalue weighted by Crippen LogP contribution is -2.37. The molecular formula is C7H8ClF2N3. The van der Waals surface area contributed by atoms with Crippen molar-refractivity contribution in [3.05, 3.63) is 30.1 Å². The summed E-state index contributed by atoms with van der Waals surface area (Å²) in [5.41, 5.74) is 2.18. The number of alkyl halides is 3. The van der Waals surface area contributed by atoms with Crippen LogP contribution in [0.25, 0.3) is 0 Å². The highest BCUT2D eigenvalue weighted by molar-refractivity contribution is 6.22. The fourth-order valence-electron chi connectivity index (χ4n) is 0.926. The summed E-state index contributed by atoms with van der Waals surface area (Å²) < 4.78 is 25.3. The molecule has 1 aromatic heterocycles. The second-order valence-electron chi connectivity index (χ2n) is 2.43. The summed E-state index contributed by atoms with van der Waals surface area (Å²) in [5, 5.41) is -3.43. The normalized spacial score (nSPS) is 14.2. The Morgan fingerprint density at radius 3 is 2.69 bits per heavy atom. The van der Waals surface area contributed by atoms with Gasteiger partial charge >= 0.3 is 5.38 Å². The van der Waals surface area contributed by atoms with Crippen LogP contribution in [-0.2, 0) is 0 Å². The maximum Gasteiger partial charge on any atom is 0.342 e. The second kappa shape index (κ2) is 3.95. The first-order valence-corrected chi connectivity index (χ1v) is 3.86. The fourth-order valence-corrected chi connectivity index (χ4v) is 1.12. The summed E-state index contributed by atoms with van der Waals surface area (Å²) in [6.07, 6.45) is 2.75. The molecule has 6 heteroatoms. The van der Waals surface area contributed by atoms with Gasteiger partial charge in [0.15, 0.2) is 0 Å². The van der Waals surface area contributed by atoms with Crippen molar-refractivity contribution < 1.29 is 8.78 Å². The van der Waals surface area contributed by atoms with Crippen molar-refractivity contribution in [2.24, 2.45) is 5.84 Å². The molecule has 0 spiro atoms. The third kappa shape index (κ3) is 2.58. The van der Waals surface area contributed by atoms with Crippen LogP contribution < -0.4 is 11.3 Å². The number of nitrogens with two attached hydrogens (primary N) is 1. The van der Waals surface area contributed by atoms with Gasteiger partial charge in [0.05, 0.1) is 0 Å². The Hall–Kier alpha value is -0.780. The summed E-state index contributed by atoms with van der Waals surface area (Å²) in [7, 11) is 0. The maximum atomic E-state index is 12.7. The molecule has 0 saturated heterocycles. The van der Waals surface area contributed by atoms with Crippen LogP contribution in [0.3, 0.4) is 0 Å². The molecule has 0 aliphatic heterocycles. The minimum Gasteiger partial charge on any atom is -0.271 e. The Morgan fingerprint density at radius 2 is 2.31 bits per heavy atom. The monoisotopic (exact) mass is 207 g/mol. The molecule has 1 aromatic rings. The number of pyridine rings is 1. The Balaban J connectivity index is 2.92. The van der Waals surface area contributed by atoms with Crippen LogP contribution in [0.15, 0.2) is 24.5 Å². The molecule has 13 heavy (non-hydrogen) atoms. The van der Waals surface area contributed by atoms with Crippen molar-refractivity contribution in [3.63, 3.8) is 0 Å². The lowest BCUT2D eigenvalue weighted by atomic mass is 10.1. The number of rotatable bonds is 3. The summed E-state index contributed by atoms with van der Waals surface area (Å²) in [6, 6.07) is 1.57. The molecule has 0 bridgehead atoms. The van der Waals surface area contributed by atoms with Crippen molar-refractivity contribution in [1.82, 2.24) is 10.4 Å². The van der Waals surface area contributed by atoms with Crippen LogP contribution in [-0.4, -0.2) is 10.4 Å². The van der Waals surface area contributed by atoms with Gasteiger partial charge in [0, 0.05) is 12.4 Å². The highest BCUT2D eigenvalue weighted by Crippen LogP contribution is 2.33. The van der Waals surface area contributed by atoms with E-state index in [0.29, 0.717) is 0 Å². The molecule has 0 saturated carbocycles. The van der Waals surface area contributed by atoms with Crippen molar-refractivity contribution in [3.8, 4) is 0 Å². The van der Waals surface area contributed by atoms with E-state index < -0.39 is 11.4 Å². The lowest BCUT2D eigenvalue weighted by molar-refractivity contribution is 0.0496. The molecule has 0 aliphatic rings. The molecule has 0 aromatic carbocycles. The van der Waals surface area contributed by atoms with E-state index >= 15 is 0 Å². The van der Waals surface area contributed by atoms with Gasteiger partial charge in [-0.1, -0.05) is 6.07 Å². The number of halogens is 3. The van der Waals surface area contributed by atoms with E-state index in [1.807, 2.05) is 5.43 Å². The minimum atomic E-state index is -3.43. The van der Waals surface area contributed by atoms with Gasteiger partial charge in [-0.25, -0.2) is 5.43 Å². The molecule has 0 aliphatic carbocycles. The molecule has 0 radical (unpaired) electrons. The molecule has 1 atom stereocenters. The molecule has 0 fully saturated rings. The van der Waals surface area contributed by atoms with Gasteiger partial charge in [-0.3, -0.25) is 10.8 Å². The minimum absolute atomic E-state index is 0.241. The topological polar surface area (TPSA) is 50.9 Å². The quantitative estimate of drug-likeness (QED) is 0.448. The van der Waals surface area contributed by atoms with E-state index in [4.69, 9.17) is 17.4 Å². The molecule has 3 N–H and O–H groups in total. The largest absolute Gasteiger partial charge is 0.342 e. The van der Waals surface area contributed by atoms with Crippen LogP contribution in [0, 0.1) is 0 Å². The predicted octanol–water partition coefficient (Wildman–Crippen LogP) is 1.42. The van der Waals surface area contributed by atoms with Gasteiger partial charge in [-0.15, -0.1) is 0 Å². The number of nitrogens with one attached hydrogen (secondary N) is 1. The third-order valence-electron chi connectivity index (χ3n) is 1.51. The lowest BCUT2D eigenvalue weighted by Gasteiger charge is -2.20. The predicted molar refractivity (Wildman–Crippen MR) is 45.1 cm³/mol. The molecule has 3 nitrogen and oxygen atoms in total. The zero-order chi connectivity index (χ0) is 9.90. The Labute approximate surface area is 78.9 Å². The van der Waals surface area contributed by atoms with Crippen LogP contribution in [0.2, 0.25) is 0 Å². The molecule has 1 heterocycles. The zero-order valence-corrected chi connectivity index (χ0v) is 7.30.